The van der Waals surface area contributed by atoms with Crippen molar-refractivity contribution in [2.75, 3.05) is 33.2 Å². The molecule has 0 N–H and O–H groups in total. The lowest BCUT2D eigenvalue weighted by molar-refractivity contribution is -0.151. The van der Waals surface area contributed by atoms with E-state index in [-0.39, 0.29) is 51.7 Å². The van der Waals surface area contributed by atoms with Gasteiger partial charge >= 0.3 is 0 Å². The van der Waals surface area contributed by atoms with Crippen LogP contribution in [0.25, 0.3) is 5.70 Å². The summed E-state index contributed by atoms with van der Waals surface area (Å²) in [4.78, 5) is 29.3. The van der Waals surface area contributed by atoms with Crippen LogP contribution in [-0.2, 0) is 9.59 Å². The lowest BCUT2D eigenvalue weighted by atomic mass is 9.64. The Morgan fingerprint density at radius 3 is 2.34 bits per heavy atom. The van der Waals surface area contributed by atoms with Crippen LogP contribution in [0, 0.1) is 40.2 Å². The van der Waals surface area contributed by atoms with Crippen LogP contribution in [0.3, 0.4) is 0 Å². The number of hydrogen-bond donors (Lipinski definition) is 0. The summed E-state index contributed by atoms with van der Waals surface area (Å²) in [5.74, 6) is -1.41. The highest BCUT2D eigenvalue weighted by Gasteiger charge is 2.53. The van der Waals surface area contributed by atoms with E-state index in [2.05, 4.69) is 37.6 Å². The van der Waals surface area contributed by atoms with Crippen LogP contribution in [0.15, 0.2) is 46.7 Å². The fourth-order valence-corrected chi connectivity index (χ4v) is 5.98. The van der Waals surface area contributed by atoms with E-state index in [0.29, 0.717) is 26.2 Å². The van der Waals surface area contributed by atoms with Crippen molar-refractivity contribution < 1.29 is 18.4 Å². The maximum absolute atomic E-state index is 14.5. The van der Waals surface area contributed by atoms with Crippen LogP contribution in [0.5, 0.6) is 0 Å². The number of hydrogen-bond acceptors (Lipinski definition) is 4. The molecule has 0 aromatic heterocycles. The number of azo groups is 1. The first-order chi connectivity index (χ1) is 17.8. The molecule has 8 heteroatoms. The Kier molecular flexibility index (Phi) is 8.94. The Balaban J connectivity index is 1.77. The average molecular weight is 529 g/mol. The fraction of sp³-hybridized carbons (Fsp3) is 0.600. The van der Waals surface area contributed by atoms with Gasteiger partial charge in [-0.2, -0.15) is 10.2 Å². The molecule has 2 atom stereocenters. The molecule has 0 spiro atoms. The fourth-order valence-electron chi connectivity index (χ4n) is 5.98. The van der Waals surface area contributed by atoms with E-state index in [9.17, 15) is 18.4 Å². The Labute approximate surface area is 225 Å². The number of benzene rings is 1. The third-order valence-corrected chi connectivity index (χ3v) is 8.88. The van der Waals surface area contributed by atoms with Gasteiger partial charge in [-0.3, -0.25) is 9.59 Å². The van der Waals surface area contributed by atoms with Gasteiger partial charge in [0.05, 0.1) is 17.2 Å². The number of halogens is 2. The molecule has 0 bridgehead atoms. The molecule has 0 unspecified atom stereocenters. The highest BCUT2D eigenvalue weighted by molar-refractivity contribution is 5.85. The molecule has 1 aliphatic carbocycles. The third-order valence-electron chi connectivity index (χ3n) is 8.88. The first-order valence-electron chi connectivity index (χ1n) is 13.5. The van der Waals surface area contributed by atoms with Crippen molar-refractivity contribution in [1.29, 1.82) is 0 Å². The molecule has 3 rings (SSSR count). The number of allylic oxidation sites excluding steroid dienone is 2. The number of amides is 2. The van der Waals surface area contributed by atoms with E-state index in [4.69, 9.17) is 0 Å². The summed E-state index contributed by atoms with van der Waals surface area (Å²) in [5, 5.41) is 7.80. The second-order valence-corrected chi connectivity index (χ2v) is 11.8. The zero-order valence-electron chi connectivity index (χ0n) is 23.9. The maximum atomic E-state index is 14.5. The van der Waals surface area contributed by atoms with E-state index < -0.39 is 11.6 Å². The predicted octanol–water partition coefficient (Wildman–Crippen LogP) is 6.35. The van der Waals surface area contributed by atoms with Gasteiger partial charge in [-0.15, -0.1) is 0 Å². The normalized spacial score (nSPS) is 23.7. The summed E-state index contributed by atoms with van der Waals surface area (Å²) < 4.78 is 29.0. The van der Waals surface area contributed by atoms with Gasteiger partial charge < -0.3 is 9.80 Å². The summed E-state index contributed by atoms with van der Waals surface area (Å²) in [7, 11) is 1.46. The van der Waals surface area contributed by atoms with Crippen molar-refractivity contribution in [3.8, 4) is 0 Å². The monoisotopic (exact) mass is 528 g/mol. The van der Waals surface area contributed by atoms with Gasteiger partial charge in [0.15, 0.2) is 0 Å². The molecule has 1 aliphatic heterocycles. The van der Waals surface area contributed by atoms with Crippen molar-refractivity contribution in [3.05, 3.63) is 53.6 Å². The minimum Gasteiger partial charge on any atom is -0.342 e. The van der Waals surface area contributed by atoms with E-state index in [0.717, 1.165) is 18.4 Å². The first kappa shape index (κ1) is 29.7. The number of carbonyl (C=O) groups is 2. The Morgan fingerprint density at radius 1 is 1.21 bits per heavy atom. The molecule has 38 heavy (non-hydrogen) atoms. The molecule has 2 fully saturated rings. The second kappa shape index (κ2) is 11.5. The van der Waals surface area contributed by atoms with E-state index in [1.807, 2.05) is 25.7 Å². The van der Waals surface area contributed by atoms with Gasteiger partial charge in [-0.05, 0) is 60.3 Å². The topological polar surface area (TPSA) is 65.3 Å². The largest absolute Gasteiger partial charge is 0.342 e. The van der Waals surface area contributed by atoms with E-state index >= 15 is 0 Å². The van der Waals surface area contributed by atoms with Crippen molar-refractivity contribution in [3.63, 3.8) is 0 Å². The molecule has 2 amide bonds. The molecule has 1 aromatic carbocycles. The molecule has 1 saturated heterocycles. The van der Waals surface area contributed by atoms with Crippen LogP contribution < -0.4 is 0 Å². The zero-order chi connectivity index (χ0) is 28.4. The number of nitrogens with zero attached hydrogens (tertiary/aromatic N) is 4. The van der Waals surface area contributed by atoms with Gasteiger partial charge in [-0.25, -0.2) is 8.78 Å². The number of rotatable bonds is 9. The van der Waals surface area contributed by atoms with Crippen molar-refractivity contribution in [2.45, 2.75) is 54.4 Å². The van der Waals surface area contributed by atoms with Crippen LogP contribution in [-0.4, -0.2) is 54.8 Å². The Bertz CT molecular complexity index is 1120. The summed E-state index contributed by atoms with van der Waals surface area (Å²) >= 11 is 0. The van der Waals surface area contributed by atoms with Crippen LogP contribution in [0.4, 0.5) is 8.78 Å². The third kappa shape index (κ3) is 5.59. The van der Waals surface area contributed by atoms with Gasteiger partial charge in [0, 0.05) is 39.1 Å². The molecule has 1 heterocycles. The molecule has 208 valence electrons. The second-order valence-electron chi connectivity index (χ2n) is 11.8. The van der Waals surface area contributed by atoms with Crippen molar-refractivity contribution >= 4 is 17.5 Å². The molecule has 0 radical (unpaired) electrons. The highest BCUT2D eigenvalue weighted by Crippen LogP contribution is 2.58. The summed E-state index contributed by atoms with van der Waals surface area (Å²) in [6, 6.07) is 3.72. The zero-order valence-corrected chi connectivity index (χ0v) is 23.9. The smallest absolute Gasteiger partial charge is 0.229 e. The van der Waals surface area contributed by atoms with Crippen LogP contribution in [0.1, 0.15) is 59.9 Å². The van der Waals surface area contributed by atoms with Crippen molar-refractivity contribution in [2.24, 2.45) is 38.8 Å². The number of carbonyl (C=O) groups excluding carboxylic acids is 2. The maximum Gasteiger partial charge on any atom is 0.229 e. The lowest BCUT2D eigenvalue weighted by Gasteiger charge is -2.47. The van der Waals surface area contributed by atoms with Crippen molar-refractivity contribution in [1.82, 2.24) is 9.80 Å². The van der Waals surface area contributed by atoms with E-state index in [1.54, 1.807) is 11.0 Å². The SMILES string of the molecule is C=C(/C=C(\N=NC)c1c(F)cccc1F)[C@@H]1CC[C@@](C)(CN(CC)C(=O)C2CN(C(=O)C(C)C)C2)C1(C)C. The van der Waals surface area contributed by atoms with Gasteiger partial charge in [-0.1, -0.05) is 47.3 Å². The lowest BCUT2D eigenvalue weighted by Crippen LogP contribution is -2.58. The summed E-state index contributed by atoms with van der Waals surface area (Å²) in [6.07, 6.45) is 3.35. The molecule has 1 aromatic rings. The van der Waals surface area contributed by atoms with Crippen LogP contribution >= 0.6 is 0 Å². The molecular formula is C30H42F2N4O2. The first-order valence-corrected chi connectivity index (χ1v) is 13.5. The minimum absolute atomic E-state index is 0.0288. The van der Waals surface area contributed by atoms with Crippen LogP contribution in [0.2, 0.25) is 0 Å². The number of likely N-dealkylation sites (tertiary alicyclic amines) is 1. The predicted molar refractivity (Wildman–Crippen MR) is 146 cm³/mol. The Hall–Kier alpha value is -2.90. The average Bonchev–Trinajstić information content (AvgIpc) is 3.04. The summed E-state index contributed by atoms with van der Waals surface area (Å²) in [5.41, 5.74) is 0.169. The molecular weight excluding hydrogens is 486 g/mol. The van der Waals surface area contributed by atoms with Gasteiger partial charge in [0.1, 0.15) is 11.6 Å². The quantitative estimate of drug-likeness (QED) is 0.277. The highest BCUT2D eigenvalue weighted by atomic mass is 19.1. The van der Waals surface area contributed by atoms with Gasteiger partial charge in [0.2, 0.25) is 11.8 Å². The Morgan fingerprint density at radius 2 is 1.82 bits per heavy atom. The molecule has 6 nitrogen and oxygen atoms in total. The molecule has 2 aliphatic rings. The van der Waals surface area contributed by atoms with Gasteiger partial charge in [0.25, 0.3) is 0 Å². The molecule has 1 saturated carbocycles. The summed E-state index contributed by atoms with van der Waals surface area (Å²) in [6.45, 7) is 18.8. The standard InChI is InChI=1S/C30H42F2N4O2/c1-9-35(28(38)21-16-36(17-21)27(37)19(2)3)18-30(7)14-13-22(29(30,5)6)20(4)15-25(34-33-8)26-23(31)11-10-12-24(26)32/h10-12,15,19,21-22H,4,9,13-14,16-18H2,1-3,5-8H3/b25-15-,34-33?/t22-,30-/m0/s1. The van der Waals surface area contributed by atoms with E-state index in [1.165, 1.54) is 25.2 Å². The minimum atomic E-state index is -0.700.